The fourth-order valence-electron chi connectivity index (χ4n) is 3.57. The molecule has 0 fully saturated rings. The van der Waals surface area contributed by atoms with Crippen LogP contribution in [0.5, 0.6) is 0 Å². The first-order valence-corrected chi connectivity index (χ1v) is 8.76. The normalized spacial score (nSPS) is 14.5. The molecule has 0 bridgehead atoms. The number of hydrogen-bond acceptors (Lipinski definition) is 0. The van der Waals surface area contributed by atoms with Crippen LogP contribution in [-0.4, -0.2) is 0 Å². The second-order valence-electron chi connectivity index (χ2n) is 6.61. The number of rotatable bonds is 6. The van der Waals surface area contributed by atoms with Gasteiger partial charge in [-0.2, -0.15) is 0 Å². The number of unbranched alkanes of at least 4 members (excludes halogenated alkanes) is 1. The van der Waals surface area contributed by atoms with Crippen molar-refractivity contribution in [1.29, 1.82) is 0 Å². The second-order valence-corrected chi connectivity index (χ2v) is 6.61. The van der Waals surface area contributed by atoms with Crippen LogP contribution < -0.4 is 0 Å². The summed E-state index contributed by atoms with van der Waals surface area (Å²) >= 11 is 0. The minimum atomic E-state index is -0.0486. The Bertz CT molecular complexity index is 650. The minimum absolute atomic E-state index is 0.0486. The van der Waals surface area contributed by atoms with Crippen molar-refractivity contribution in [3.05, 3.63) is 95.1 Å². The summed E-state index contributed by atoms with van der Waals surface area (Å²) in [5.74, 6) is 0. The molecule has 23 heavy (non-hydrogen) atoms. The maximum atomic E-state index is 2.45. The van der Waals surface area contributed by atoms with Crippen LogP contribution in [0.3, 0.4) is 0 Å². The summed E-state index contributed by atoms with van der Waals surface area (Å²) in [5.41, 5.74) is 5.73. The SMILES string of the molecule is CCCCC1=CCC(C(C)(c2ccccc2)c2ccccc2)=C1. The van der Waals surface area contributed by atoms with Gasteiger partial charge in [-0.1, -0.05) is 97.3 Å². The molecule has 0 N–H and O–H groups in total. The Kier molecular flexibility index (Phi) is 4.81. The maximum absolute atomic E-state index is 2.45. The highest BCUT2D eigenvalue weighted by Crippen LogP contribution is 2.43. The van der Waals surface area contributed by atoms with E-state index in [0.29, 0.717) is 0 Å². The van der Waals surface area contributed by atoms with Crippen LogP contribution in [-0.2, 0) is 5.41 Å². The Labute approximate surface area is 140 Å². The van der Waals surface area contributed by atoms with Gasteiger partial charge in [0.25, 0.3) is 0 Å². The van der Waals surface area contributed by atoms with Crippen molar-refractivity contribution < 1.29 is 0 Å². The Balaban J connectivity index is 2.01. The summed E-state index contributed by atoms with van der Waals surface area (Å²) in [5, 5.41) is 0. The van der Waals surface area contributed by atoms with Crippen LogP contribution in [0.15, 0.2) is 84.0 Å². The summed E-state index contributed by atoms with van der Waals surface area (Å²) in [6.45, 7) is 4.64. The molecular weight excluding hydrogens is 276 g/mol. The predicted molar refractivity (Wildman–Crippen MR) is 99.6 cm³/mol. The first-order valence-electron chi connectivity index (χ1n) is 8.76. The minimum Gasteiger partial charge on any atom is -0.0772 e. The van der Waals surface area contributed by atoms with Crippen molar-refractivity contribution in [2.75, 3.05) is 0 Å². The monoisotopic (exact) mass is 302 g/mol. The molecule has 0 radical (unpaired) electrons. The van der Waals surface area contributed by atoms with E-state index in [0.717, 1.165) is 6.42 Å². The van der Waals surface area contributed by atoms with Crippen LogP contribution in [0.2, 0.25) is 0 Å². The molecule has 0 atom stereocenters. The van der Waals surface area contributed by atoms with Crippen LogP contribution in [0.25, 0.3) is 0 Å². The van der Waals surface area contributed by atoms with Crippen LogP contribution in [0, 0.1) is 0 Å². The molecule has 0 nitrogen and oxygen atoms in total. The number of benzene rings is 2. The van der Waals surface area contributed by atoms with E-state index < -0.39 is 0 Å². The van der Waals surface area contributed by atoms with E-state index in [2.05, 4.69) is 86.7 Å². The summed E-state index contributed by atoms with van der Waals surface area (Å²) in [4.78, 5) is 0. The fourth-order valence-corrected chi connectivity index (χ4v) is 3.57. The Morgan fingerprint density at radius 2 is 1.43 bits per heavy atom. The summed E-state index contributed by atoms with van der Waals surface area (Å²) in [6.07, 6.45) is 9.70. The van der Waals surface area contributed by atoms with Gasteiger partial charge in [0.1, 0.15) is 0 Å². The lowest BCUT2D eigenvalue weighted by Crippen LogP contribution is -2.25. The molecule has 0 spiro atoms. The van der Waals surface area contributed by atoms with Crippen molar-refractivity contribution in [3.63, 3.8) is 0 Å². The van der Waals surface area contributed by atoms with Gasteiger partial charge < -0.3 is 0 Å². The molecule has 3 rings (SSSR count). The predicted octanol–water partition coefficient (Wildman–Crippen LogP) is 6.44. The van der Waals surface area contributed by atoms with Crippen molar-refractivity contribution in [1.82, 2.24) is 0 Å². The lowest BCUT2D eigenvalue weighted by molar-refractivity contribution is 0.662. The standard InChI is InChI=1S/C23H26/c1-3-4-11-19-16-17-22(18-19)23(2,20-12-7-5-8-13-20)21-14-9-6-10-15-21/h5-10,12-16,18H,3-4,11,17H2,1-2H3. The molecular formula is C23H26. The van der Waals surface area contributed by atoms with E-state index in [-0.39, 0.29) is 5.41 Å². The molecule has 0 saturated heterocycles. The zero-order valence-corrected chi connectivity index (χ0v) is 14.3. The van der Waals surface area contributed by atoms with Crippen molar-refractivity contribution >= 4 is 0 Å². The van der Waals surface area contributed by atoms with E-state index in [9.17, 15) is 0 Å². The smallest absolute Gasteiger partial charge is 0.0389 e. The zero-order chi connectivity index (χ0) is 16.1. The molecule has 2 aromatic carbocycles. The van der Waals surface area contributed by atoms with Crippen molar-refractivity contribution in [2.24, 2.45) is 0 Å². The quantitative estimate of drug-likeness (QED) is 0.576. The summed E-state index contributed by atoms with van der Waals surface area (Å²) in [7, 11) is 0. The summed E-state index contributed by atoms with van der Waals surface area (Å²) < 4.78 is 0. The molecule has 0 heteroatoms. The van der Waals surface area contributed by atoms with E-state index in [1.807, 2.05) is 0 Å². The molecule has 0 saturated carbocycles. The van der Waals surface area contributed by atoms with E-state index in [1.54, 1.807) is 0 Å². The first-order chi connectivity index (χ1) is 11.2. The van der Waals surface area contributed by atoms with Gasteiger partial charge in [0, 0.05) is 5.41 Å². The van der Waals surface area contributed by atoms with Gasteiger partial charge in [-0.3, -0.25) is 0 Å². The van der Waals surface area contributed by atoms with Crippen LogP contribution in [0.4, 0.5) is 0 Å². The molecule has 118 valence electrons. The maximum Gasteiger partial charge on any atom is 0.0389 e. The number of hydrogen-bond donors (Lipinski definition) is 0. The van der Waals surface area contributed by atoms with Gasteiger partial charge >= 0.3 is 0 Å². The lowest BCUT2D eigenvalue weighted by atomic mass is 9.70. The highest BCUT2D eigenvalue weighted by molar-refractivity contribution is 5.52. The molecule has 0 amide bonds. The summed E-state index contributed by atoms with van der Waals surface area (Å²) in [6, 6.07) is 21.8. The number of allylic oxidation sites excluding steroid dienone is 4. The van der Waals surface area contributed by atoms with Gasteiger partial charge in [0.15, 0.2) is 0 Å². The van der Waals surface area contributed by atoms with Gasteiger partial charge in [-0.25, -0.2) is 0 Å². The molecule has 0 aliphatic heterocycles. The third-order valence-corrected chi connectivity index (χ3v) is 5.11. The lowest BCUT2D eigenvalue weighted by Gasteiger charge is -2.33. The molecule has 1 aliphatic rings. The van der Waals surface area contributed by atoms with Crippen molar-refractivity contribution in [3.8, 4) is 0 Å². The van der Waals surface area contributed by atoms with E-state index in [1.165, 1.54) is 41.5 Å². The molecule has 1 aliphatic carbocycles. The van der Waals surface area contributed by atoms with Crippen LogP contribution >= 0.6 is 0 Å². The fraction of sp³-hybridized carbons (Fsp3) is 0.304. The largest absolute Gasteiger partial charge is 0.0772 e. The average molecular weight is 302 g/mol. The molecule has 0 heterocycles. The van der Waals surface area contributed by atoms with Gasteiger partial charge in [0.2, 0.25) is 0 Å². The highest BCUT2D eigenvalue weighted by Gasteiger charge is 2.33. The molecule has 0 aromatic heterocycles. The van der Waals surface area contributed by atoms with Crippen LogP contribution in [0.1, 0.15) is 50.7 Å². The van der Waals surface area contributed by atoms with Gasteiger partial charge in [0.05, 0.1) is 0 Å². The average Bonchev–Trinajstić information content (AvgIpc) is 3.10. The third-order valence-electron chi connectivity index (χ3n) is 5.11. The van der Waals surface area contributed by atoms with E-state index >= 15 is 0 Å². The zero-order valence-electron chi connectivity index (χ0n) is 14.3. The van der Waals surface area contributed by atoms with Gasteiger partial charge in [-0.05, 0) is 37.3 Å². The second kappa shape index (κ2) is 7.00. The third kappa shape index (κ3) is 3.17. The Morgan fingerprint density at radius 3 is 1.96 bits per heavy atom. The topological polar surface area (TPSA) is 0 Å². The van der Waals surface area contributed by atoms with E-state index in [4.69, 9.17) is 0 Å². The van der Waals surface area contributed by atoms with Gasteiger partial charge in [-0.15, -0.1) is 0 Å². The molecule has 0 unspecified atom stereocenters. The Morgan fingerprint density at radius 1 is 0.870 bits per heavy atom. The first kappa shape index (κ1) is 15.8. The Hall–Kier alpha value is -2.08. The highest BCUT2D eigenvalue weighted by atomic mass is 14.4. The van der Waals surface area contributed by atoms with Crippen molar-refractivity contribution in [2.45, 2.75) is 44.9 Å². The molecule has 2 aromatic rings.